The van der Waals surface area contributed by atoms with Gasteiger partial charge < -0.3 is 5.32 Å². The van der Waals surface area contributed by atoms with Crippen LogP contribution in [0, 0.1) is 3.57 Å². The average Bonchev–Trinajstić information content (AvgIpc) is 2.86. The molecule has 1 fully saturated rings. The summed E-state index contributed by atoms with van der Waals surface area (Å²) in [7, 11) is 0. The Balaban J connectivity index is 1.87. The van der Waals surface area contributed by atoms with Gasteiger partial charge in [0, 0.05) is 21.7 Å². The van der Waals surface area contributed by atoms with Crippen molar-refractivity contribution in [3.05, 3.63) is 61.9 Å². The van der Waals surface area contributed by atoms with Gasteiger partial charge in [0.2, 0.25) is 0 Å². The number of halogens is 5. The highest BCUT2D eigenvalue weighted by atomic mass is 127. The maximum atomic E-state index is 12.9. The highest BCUT2D eigenvalue weighted by molar-refractivity contribution is 14.1. The molecule has 28 heavy (non-hydrogen) atoms. The van der Waals surface area contributed by atoms with Gasteiger partial charge in [-0.3, -0.25) is 9.78 Å². The van der Waals surface area contributed by atoms with Crippen LogP contribution in [0.1, 0.15) is 59.6 Å². The Kier molecular flexibility index (Phi) is 6.85. The topological polar surface area (TPSA) is 42.0 Å². The van der Waals surface area contributed by atoms with Crippen LogP contribution in [-0.2, 0) is 6.18 Å². The molecule has 1 aliphatic carbocycles. The first-order chi connectivity index (χ1) is 13.3. The summed E-state index contributed by atoms with van der Waals surface area (Å²) < 4.78 is 39.6. The highest BCUT2D eigenvalue weighted by Gasteiger charge is 2.34. The molecule has 1 heterocycles. The third-order valence-corrected chi connectivity index (χ3v) is 6.24. The second-order valence-corrected chi connectivity index (χ2v) is 8.46. The number of rotatable bonds is 3. The minimum atomic E-state index is -4.49. The van der Waals surface area contributed by atoms with Gasteiger partial charge in [0.1, 0.15) is 0 Å². The minimum absolute atomic E-state index is 0.00438. The lowest BCUT2D eigenvalue weighted by Crippen LogP contribution is -2.39. The second kappa shape index (κ2) is 8.98. The van der Waals surface area contributed by atoms with Crippen LogP contribution >= 0.6 is 34.2 Å². The fraction of sp³-hybridized carbons (Fsp3) is 0.400. The zero-order valence-corrected chi connectivity index (χ0v) is 17.8. The molecular weight excluding hydrogens is 504 g/mol. The molecule has 2 unspecified atom stereocenters. The maximum Gasteiger partial charge on any atom is 0.417 e. The Labute approximate surface area is 180 Å². The van der Waals surface area contributed by atoms with Crippen LogP contribution in [0.2, 0.25) is 5.02 Å². The Morgan fingerprint density at radius 1 is 1.18 bits per heavy atom. The molecule has 1 aromatic heterocycles. The van der Waals surface area contributed by atoms with Gasteiger partial charge in [-0.05, 0) is 53.6 Å². The van der Waals surface area contributed by atoms with Crippen molar-refractivity contribution in [3.63, 3.8) is 0 Å². The van der Waals surface area contributed by atoms with Crippen molar-refractivity contribution in [2.75, 3.05) is 0 Å². The summed E-state index contributed by atoms with van der Waals surface area (Å²) in [5.74, 6) is -0.410. The summed E-state index contributed by atoms with van der Waals surface area (Å²) in [4.78, 5) is 16.8. The summed E-state index contributed by atoms with van der Waals surface area (Å²) in [6.07, 6.45) is 0.642. The summed E-state index contributed by atoms with van der Waals surface area (Å²) in [5, 5.41) is 3.07. The van der Waals surface area contributed by atoms with Gasteiger partial charge >= 0.3 is 6.18 Å². The number of pyridine rings is 1. The molecule has 0 spiro atoms. The molecule has 1 aliphatic rings. The summed E-state index contributed by atoms with van der Waals surface area (Å²) >= 11 is 8.30. The lowest BCUT2D eigenvalue weighted by atomic mass is 9.90. The van der Waals surface area contributed by atoms with E-state index in [9.17, 15) is 18.0 Å². The number of carbonyl (C=O) groups excluding carboxylic acids is 1. The summed E-state index contributed by atoms with van der Waals surface area (Å²) in [6, 6.07) is 7.97. The molecule has 150 valence electrons. The molecule has 3 rings (SSSR count). The van der Waals surface area contributed by atoms with E-state index in [0.29, 0.717) is 11.3 Å². The monoisotopic (exact) mass is 522 g/mol. The number of nitrogens with zero attached hydrogens (tertiary/aromatic N) is 1. The first-order valence-corrected chi connectivity index (χ1v) is 10.5. The molecule has 0 radical (unpaired) electrons. The SMILES string of the molecule is O=C(NC1CCCCCC1c1ncc(C(F)(F)F)cc1Cl)c1ccccc1I. The standard InChI is InChI=1S/C20H19ClF3IN2O/c21-15-10-12(20(22,23)24)11-26-18(15)14-7-2-1-3-9-17(14)27-19(28)13-6-4-5-8-16(13)25/h4-6,8,10-11,14,17H,1-3,7,9H2,(H,27,28). The summed E-state index contributed by atoms with van der Waals surface area (Å²) in [6.45, 7) is 0. The van der Waals surface area contributed by atoms with E-state index in [1.165, 1.54) is 0 Å². The van der Waals surface area contributed by atoms with Crippen LogP contribution in [-0.4, -0.2) is 16.9 Å². The van der Waals surface area contributed by atoms with Crippen molar-refractivity contribution in [2.45, 2.75) is 50.2 Å². The van der Waals surface area contributed by atoms with Gasteiger partial charge in [0.25, 0.3) is 5.91 Å². The van der Waals surface area contributed by atoms with E-state index in [1.54, 1.807) is 12.1 Å². The number of amides is 1. The van der Waals surface area contributed by atoms with Crippen LogP contribution in [0.25, 0.3) is 0 Å². The number of benzene rings is 1. The molecule has 2 atom stereocenters. The van der Waals surface area contributed by atoms with Crippen LogP contribution in [0.15, 0.2) is 36.5 Å². The Hall–Kier alpha value is -1.35. The summed E-state index contributed by atoms with van der Waals surface area (Å²) in [5.41, 5.74) is 0.136. The number of alkyl halides is 3. The van der Waals surface area contributed by atoms with Crippen molar-refractivity contribution in [2.24, 2.45) is 0 Å². The molecule has 1 aromatic carbocycles. The molecule has 1 amide bonds. The third-order valence-electron chi connectivity index (χ3n) is 5.00. The lowest BCUT2D eigenvalue weighted by molar-refractivity contribution is -0.137. The van der Waals surface area contributed by atoms with Crippen molar-refractivity contribution in [3.8, 4) is 0 Å². The maximum absolute atomic E-state index is 12.9. The van der Waals surface area contributed by atoms with Crippen molar-refractivity contribution in [1.82, 2.24) is 10.3 Å². The molecule has 3 nitrogen and oxygen atoms in total. The Bertz CT molecular complexity index is 860. The van der Waals surface area contributed by atoms with Gasteiger partial charge in [-0.2, -0.15) is 13.2 Å². The number of hydrogen-bond acceptors (Lipinski definition) is 2. The Morgan fingerprint density at radius 3 is 2.57 bits per heavy atom. The zero-order valence-electron chi connectivity index (χ0n) is 14.9. The van der Waals surface area contributed by atoms with Gasteiger partial charge in [-0.15, -0.1) is 0 Å². The van der Waals surface area contributed by atoms with Crippen molar-refractivity contribution >= 4 is 40.1 Å². The van der Waals surface area contributed by atoms with Crippen molar-refractivity contribution < 1.29 is 18.0 Å². The number of aromatic nitrogens is 1. The van der Waals surface area contributed by atoms with Crippen molar-refractivity contribution in [1.29, 1.82) is 0 Å². The smallest absolute Gasteiger partial charge is 0.349 e. The number of carbonyl (C=O) groups is 1. The van der Waals surface area contributed by atoms with E-state index < -0.39 is 11.7 Å². The van der Waals surface area contributed by atoms with Gasteiger partial charge in [-0.25, -0.2) is 0 Å². The van der Waals surface area contributed by atoms with Crippen LogP contribution in [0.3, 0.4) is 0 Å². The molecule has 0 saturated heterocycles. The molecule has 8 heteroatoms. The van der Waals surface area contributed by atoms with Gasteiger partial charge in [0.15, 0.2) is 0 Å². The third kappa shape index (κ3) is 4.97. The molecule has 1 saturated carbocycles. The predicted molar refractivity (Wildman–Crippen MR) is 110 cm³/mol. The van der Waals surface area contributed by atoms with Crippen LogP contribution in [0.5, 0.6) is 0 Å². The number of nitrogens with one attached hydrogen (secondary N) is 1. The van der Waals surface area contributed by atoms with E-state index >= 15 is 0 Å². The second-order valence-electron chi connectivity index (χ2n) is 6.89. The molecular formula is C20H19ClF3IN2O. The molecule has 0 bridgehead atoms. The molecule has 1 N–H and O–H groups in total. The van der Waals surface area contributed by atoms with E-state index in [-0.39, 0.29) is 22.9 Å². The Morgan fingerprint density at radius 2 is 1.89 bits per heavy atom. The van der Waals surface area contributed by atoms with E-state index in [4.69, 9.17) is 11.6 Å². The fourth-order valence-electron chi connectivity index (χ4n) is 3.58. The zero-order chi connectivity index (χ0) is 20.3. The van der Waals surface area contributed by atoms with E-state index in [1.807, 2.05) is 12.1 Å². The number of hydrogen-bond donors (Lipinski definition) is 1. The molecule has 2 aromatic rings. The first kappa shape index (κ1) is 21.4. The van der Waals surface area contributed by atoms with Crippen LogP contribution < -0.4 is 5.32 Å². The minimum Gasteiger partial charge on any atom is -0.349 e. The molecule has 0 aliphatic heterocycles. The average molecular weight is 523 g/mol. The van der Waals surface area contributed by atoms with Gasteiger partial charge in [-0.1, -0.05) is 43.0 Å². The van der Waals surface area contributed by atoms with Gasteiger partial charge in [0.05, 0.1) is 21.8 Å². The fourth-order valence-corrected chi connectivity index (χ4v) is 4.51. The predicted octanol–water partition coefficient (Wildman–Crippen LogP) is 6.20. The largest absolute Gasteiger partial charge is 0.417 e. The highest BCUT2D eigenvalue weighted by Crippen LogP contribution is 2.37. The normalized spacial score (nSPS) is 20.5. The quantitative estimate of drug-likeness (QED) is 0.385. The van der Waals surface area contributed by atoms with Crippen LogP contribution in [0.4, 0.5) is 13.2 Å². The van der Waals surface area contributed by atoms with E-state index in [2.05, 4.69) is 32.9 Å². The first-order valence-electron chi connectivity index (χ1n) is 9.05. The van der Waals surface area contributed by atoms with E-state index in [0.717, 1.165) is 47.9 Å². The lowest BCUT2D eigenvalue weighted by Gasteiger charge is -2.27.